The first kappa shape index (κ1) is 2.64. The standard InChI is InChI=1S/C4H2NS/c1-3-4(5-3)2-6-1/h1,5H. The lowest BCUT2D eigenvalue weighted by molar-refractivity contribution is 2.06. The molecule has 0 aliphatic carbocycles. The number of nitrogens with one attached hydrogen (secondary N) is 1. The summed E-state index contributed by atoms with van der Waals surface area (Å²) < 4.78 is 0. The fourth-order valence-electron chi connectivity index (χ4n) is 0.420. The molecule has 0 aromatic carbocycles. The Kier molecular flexibility index (Phi) is 0.268. The third-order valence-corrected chi connectivity index (χ3v) is 1.48. The average molecular weight is 96.1 g/mol. The lowest BCUT2D eigenvalue weighted by Gasteiger charge is -1.60. The van der Waals surface area contributed by atoms with Gasteiger partial charge in [-0.1, -0.05) is 0 Å². The highest BCUT2D eigenvalue weighted by molar-refractivity contribution is 7.08. The molecule has 1 aliphatic heterocycles. The van der Waals surface area contributed by atoms with Crippen molar-refractivity contribution < 1.29 is 0 Å². The minimum Gasteiger partial charge on any atom is -0.350 e. The number of anilines is 2. The van der Waals surface area contributed by atoms with Crippen LogP contribution in [-0.4, -0.2) is 0 Å². The van der Waals surface area contributed by atoms with Crippen LogP contribution < -0.4 is 5.32 Å². The normalized spacial score (nSPS) is 12.7. The van der Waals surface area contributed by atoms with E-state index in [1.165, 1.54) is 11.4 Å². The molecule has 6 heavy (non-hydrogen) atoms. The van der Waals surface area contributed by atoms with Crippen molar-refractivity contribution in [3.63, 3.8) is 0 Å². The maximum atomic E-state index is 3.02. The molecule has 0 saturated heterocycles. The quantitative estimate of drug-likeness (QED) is 0.494. The SMILES string of the molecule is [c]1scc2c1N2. The van der Waals surface area contributed by atoms with Crippen molar-refractivity contribution in [1.29, 1.82) is 0 Å². The second-order valence-corrected chi connectivity index (χ2v) is 1.93. The highest BCUT2D eigenvalue weighted by atomic mass is 32.1. The van der Waals surface area contributed by atoms with Crippen LogP contribution >= 0.6 is 11.3 Å². The lowest BCUT2D eigenvalue weighted by atomic mass is 10.7. The van der Waals surface area contributed by atoms with Crippen LogP contribution in [0.3, 0.4) is 0 Å². The fourth-order valence-corrected chi connectivity index (χ4v) is 1.05. The lowest BCUT2D eigenvalue weighted by Crippen LogP contribution is -1.48. The van der Waals surface area contributed by atoms with Gasteiger partial charge in [-0.2, -0.15) is 0 Å². The number of rotatable bonds is 0. The van der Waals surface area contributed by atoms with Crippen molar-refractivity contribution >= 4 is 22.7 Å². The molecule has 1 radical (unpaired) electrons. The molecule has 2 rings (SSSR count). The molecule has 1 aromatic rings. The van der Waals surface area contributed by atoms with Crippen molar-refractivity contribution in [2.45, 2.75) is 0 Å². The van der Waals surface area contributed by atoms with Crippen LogP contribution in [0.15, 0.2) is 5.38 Å². The summed E-state index contributed by atoms with van der Waals surface area (Å²) in [5.41, 5.74) is 2.46. The van der Waals surface area contributed by atoms with E-state index >= 15 is 0 Å². The summed E-state index contributed by atoms with van der Waals surface area (Å²) in [5, 5.41) is 8.09. The Morgan fingerprint density at radius 3 is 3.00 bits per heavy atom. The fraction of sp³-hybridized carbons (Fsp3) is 0. The molecule has 0 saturated carbocycles. The summed E-state index contributed by atoms with van der Waals surface area (Å²) in [6, 6.07) is 0. The van der Waals surface area contributed by atoms with E-state index in [2.05, 4.69) is 16.1 Å². The molecule has 1 N–H and O–H groups in total. The van der Waals surface area contributed by atoms with Crippen molar-refractivity contribution in [2.24, 2.45) is 0 Å². The highest BCUT2D eigenvalue weighted by Gasteiger charge is 2.14. The molecule has 1 nitrogen and oxygen atoms in total. The van der Waals surface area contributed by atoms with Crippen molar-refractivity contribution in [3.05, 3.63) is 10.8 Å². The Morgan fingerprint density at radius 1 is 1.83 bits per heavy atom. The van der Waals surface area contributed by atoms with Gasteiger partial charge in [0.15, 0.2) is 0 Å². The van der Waals surface area contributed by atoms with E-state index in [0.29, 0.717) is 0 Å². The molecule has 0 spiro atoms. The Hall–Kier alpha value is -0.500. The van der Waals surface area contributed by atoms with Gasteiger partial charge < -0.3 is 5.32 Å². The maximum Gasteiger partial charge on any atom is 0.0822 e. The summed E-state index contributed by atoms with van der Waals surface area (Å²) >= 11 is 1.62. The Morgan fingerprint density at radius 2 is 2.83 bits per heavy atom. The van der Waals surface area contributed by atoms with Gasteiger partial charge >= 0.3 is 0 Å². The Balaban J connectivity index is 2.88. The van der Waals surface area contributed by atoms with Gasteiger partial charge in [-0.25, -0.2) is 0 Å². The third-order valence-electron chi connectivity index (χ3n) is 0.804. The molecule has 1 aromatic heterocycles. The molecular weight excluding hydrogens is 94.1 g/mol. The number of hydrogen-bond acceptors (Lipinski definition) is 2. The topological polar surface area (TPSA) is 21.9 Å². The van der Waals surface area contributed by atoms with E-state index < -0.39 is 0 Å². The third kappa shape index (κ3) is 0.165. The van der Waals surface area contributed by atoms with Crippen LogP contribution in [0.4, 0.5) is 11.4 Å². The molecule has 0 amide bonds. The van der Waals surface area contributed by atoms with Gasteiger partial charge in [0.25, 0.3) is 0 Å². The zero-order valence-corrected chi connectivity index (χ0v) is 3.80. The second kappa shape index (κ2) is 0.611. The first-order valence-electron chi connectivity index (χ1n) is 1.73. The van der Waals surface area contributed by atoms with Gasteiger partial charge in [-0.15, -0.1) is 11.3 Å². The zero-order valence-electron chi connectivity index (χ0n) is 2.99. The van der Waals surface area contributed by atoms with Gasteiger partial charge in [-0.05, 0) is 0 Å². The number of fused-ring (bicyclic) bond motifs is 1. The smallest absolute Gasteiger partial charge is 0.0822 e. The molecule has 1 aliphatic rings. The van der Waals surface area contributed by atoms with Crippen LogP contribution in [0.2, 0.25) is 0 Å². The zero-order chi connectivity index (χ0) is 3.98. The van der Waals surface area contributed by atoms with Gasteiger partial charge in [-0.3, -0.25) is 0 Å². The van der Waals surface area contributed by atoms with Gasteiger partial charge in [0, 0.05) is 5.38 Å². The Bertz CT molecular complexity index is 151. The van der Waals surface area contributed by atoms with E-state index in [4.69, 9.17) is 0 Å². The second-order valence-electron chi connectivity index (χ2n) is 1.25. The molecular formula is C4H2NS. The van der Waals surface area contributed by atoms with E-state index in [1.54, 1.807) is 11.3 Å². The van der Waals surface area contributed by atoms with E-state index in [9.17, 15) is 0 Å². The van der Waals surface area contributed by atoms with E-state index in [-0.39, 0.29) is 0 Å². The van der Waals surface area contributed by atoms with Crippen LogP contribution in [0, 0.1) is 5.38 Å². The minimum atomic E-state index is 1.19. The monoisotopic (exact) mass is 96.0 g/mol. The molecule has 0 atom stereocenters. The maximum absolute atomic E-state index is 3.02. The first-order chi connectivity index (χ1) is 2.97. The predicted octanol–water partition coefficient (Wildman–Crippen LogP) is 1.61. The average Bonchev–Trinajstić information content (AvgIpc) is 2.17. The van der Waals surface area contributed by atoms with Crippen LogP contribution in [0.5, 0.6) is 0 Å². The highest BCUT2D eigenvalue weighted by Crippen LogP contribution is 2.40. The molecule has 2 heteroatoms. The first-order valence-corrected chi connectivity index (χ1v) is 2.61. The van der Waals surface area contributed by atoms with Crippen molar-refractivity contribution in [1.82, 2.24) is 0 Å². The molecule has 2 heterocycles. The molecule has 0 unspecified atom stereocenters. The summed E-state index contributed by atoms with van der Waals surface area (Å²) in [6.07, 6.45) is 0. The van der Waals surface area contributed by atoms with Crippen LogP contribution in [-0.2, 0) is 0 Å². The van der Waals surface area contributed by atoms with Crippen LogP contribution in [0.25, 0.3) is 0 Å². The van der Waals surface area contributed by atoms with Gasteiger partial charge in [0.1, 0.15) is 0 Å². The number of thiophene rings is 1. The van der Waals surface area contributed by atoms with Gasteiger partial charge in [0.05, 0.1) is 16.8 Å². The van der Waals surface area contributed by atoms with E-state index in [1.807, 2.05) is 0 Å². The summed E-state index contributed by atoms with van der Waals surface area (Å²) in [7, 11) is 0. The Labute approximate surface area is 39.6 Å². The molecule has 29 valence electrons. The van der Waals surface area contributed by atoms with Gasteiger partial charge in [0.2, 0.25) is 0 Å². The van der Waals surface area contributed by atoms with E-state index in [0.717, 1.165) is 0 Å². The molecule has 0 fully saturated rings. The molecule has 0 bridgehead atoms. The summed E-state index contributed by atoms with van der Waals surface area (Å²) in [4.78, 5) is 0. The largest absolute Gasteiger partial charge is 0.350 e. The minimum absolute atomic E-state index is 1.19. The number of hydrogen-bond donors (Lipinski definition) is 1. The van der Waals surface area contributed by atoms with Crippen LogP contribution in [0.1, 0.15) is 0 Å². The van der Waals surface area contributed by atoms with Crippen molar-refractivity contribution in [3.8, 4) is 0 Å². The summed E-state index contributed by atoms with van der Waals surface area (Å²) in [6.45, 7) is 0. The summed E-state index contributed by atoms with van der Waals surface area (Å²) in [5.74, 6) is 0. The van der Waals surface area contributed by atoms with Crippen molar-refractivity contribution in [2.75, 3.05) is 5.32 Å². The predicted molar refractivity (Wildman–Crippen MR) is 26.4 cm³/mol.